The molecule has 0 aliphatic carbocycles. The van der Waals surface area contributed by atoms with Crippen molar-refractivity contribution in [2.75, 3.05) is 33.0 Å². The number of esters is 1. The topological polar surface area (TPSA) is 375 Å². The Bertz CT molecular complexity index is 2950. The highest BCUT2D eigenvalue weighted by molar-refractivity contribution is 6.12. The fraction of sp³-hybridized carbons (Fsp3) is 0.564. The molecule has 3 aromatic rings. The first-order chi connectivity index (χ1) is 38.4. The van der Waals surface area contributed by atoms with Gasteiger partial charge in [0.15, 0.2) is 5.60 Å². The summed E-state index contributed by atoms with van der Waals surface area (Å²) in [6.45, 7) is 6.49. The van der Waals surface area contributed by atoms with Crippen LogP contribution in [-0.4, -0.2) is 168 Å². The average molecular weight is 1140 g/mol. The highest BCUT2D eigenvalue weighted by Gasteiger charge is 2.45. The number of nitrogens with one attached hydrogen (secondary N) is 5. The molecule has 8 atom stereocenters. The average Bonchev–Trinajstić information content (AvgIpc) is 2.59. The number of aliphatic hydroxyl groups excluding tert-OH is 5. The molecule has 442 valence electrons. The lowest BCUT2D eigenvalue weighted by atomic mass is 9.86. The van der Waals surface area contributed by atoms with Crippen molar-refractivity contribution in [1.29, 1.82) is 0 Å². The molecule has 0 saturated heterocycles. The van der Waals surface area contributed by atoms with Crippen molar-refractivity contribution in [3.63, 3.8) is 0 Å². The Balaban J connectivity index is 0.982. The smallest absolute Gasteiger partial charge is 0.343 e. The number of hydrogen-bond acceptors (Lipinski definition) is 18. The number of amides is 7. The van der Waals surface area contributed by atoms with E-state index in [0.717, 1.165) is 10.5 Å². The van der Waals surface area contributed by atoms with Gasteiger partial charge < -0.3 is 71.3 Å². The Labute approximate surface area is 465 Å². The number of unbranched alkanes of at least 4 members (excludes halogenated alkanes) is 3. The van der Waals surface area contributed by atoms with Crippen LogP contribution in [0.3, 0.4) is 0 Å². The van der Waals surface area contributed by atoms with Crippen molar-refractivity contribution in [2.24, 2.45) is 5.92 Å². The molecule has 1 aromatic carbocycles. The van der Waals surface area contributed by atoms with Gasteiger partial charge in [0.1, 0.15) is 55.6 Å². The first-order valence-electron chi connectivity index (χ1n) is 27.1. The number of nitrogens with zero attached hydrogens (tertiary/aromatic N) is 3. The summed E-state index contributed by atoms with van der Waals surface area (Å²) in [5, 5.41) is 73.4. The van der Waals surface area contributed by atoms with Crippen LogP contribution in [0.1, 0.15) is 113 Å². The Morgan fingerprint density at radius 3 is 2.22 bits per heavy atom. The van der Waals surface area contributed by atoms with Crippen LogP contribution in [0.4, 0.5) is 4.39 Å². The molecule has 7 amide bonds. The molecule has 0 spiro atoms. The van der Waals surface area contributed by atoms with Crippen LogP contribution in [0.2, 0.25) is 0 Å². The van der Waals surface area contributed by atoms with Crippen molar-refractivity contribution >= 4 is 58.2 Å². The maximum absolute atomic E-state index is 15.4. The van der Waals surface area contributed by atoms with Gasteiger partial charge in [0.25, 0.3) is 17.4 Å². The predicted octanol–water partition coefficient (Wildman–Crippen LogP) is -1.11. The fourth-order valence-electron chi connectivity index (χ4n) is 9.78. The molecule has 0 fully saturated rings. The van der Waals surface area contributed by atoms with Crippen LogP contribution in [0, 0.1) is 18.7 Å². The highest BCUT2D eigenvalue weighted by Crippen LogP contribution is 2.39. The second kappa shape index (κ2) is 28.1. The van der Waals surface area contributed by atoms with Gasteiger partial charge in [0.05, 0.1) is 41.7 Å². The van der Waals surface area contributed by atoms with E-state index in [0.29, 0.717) is 71.9 Å². The molecule has 3 aliphatic rings. The molecule has 11 N–H and O–H groups in total. The Morgan fingerprint density at radius 1 is 0.840 bits per heavy atom. The molecule has 26 heteroatoms. The third kappa shape index (κ3) is 15.1. The molecule has 3 aliphatic heterocycles. The summed E-state index contributed by atoms with van der Waals surface area (Å²) in [6.07, 6.45) is -3.27. The van der Waals surface area contributed by atoms with Gasteiger partial charge in [-0.25, -0.2) is 14.2 Å². The number of aryl methyl sites for hydroxylation is 1. The van der Waals surface area contributed by atoms with E-state index in [1.807, 2.05) is 6.07 Å². The lowest BCUT2D eigenvalue weighted by Gasteiger charge is -2.31. The van der Waals surface area contributed by atoms with Gasteiger partial charge in [-0.2, -0.15) is 0 Å². The summed E-state index contributed by atoms with van der Waals surface area (Å²) >= 11 is 0. The van der Waals surface area contributed by atoms with Crippen molar-refractivity contribution in [3.8, 4) is 11.4 Å². The number of pyridine rings is 2. The van der Waals surface area contributed by atoms with E-state index in [2.05, 4.69) is 26.6 Å². The first-order valence-corrected chi connectivity index (χ1v) is 27.1. The molecule has 81 heavy (non-hydrogen) atoms. The number of ether oxygens (including phenoxy) is 2. The van der Waals surface area contributed by atoms with E-state index in [1.54, 1.807) is 33.8 Å². The van der Waals surface area contributed by atoms with Crippen LogP contribution >= 0.6 is 0 Å². The third-order valence-corrected chi connectivity index (χ3v) is 14.8. The zero-order chi connectivity index (χ0) is 59.5. The number of cyclic esters (lactones) is 1. The van der Waals surface area contributed by atoms with Crippen molar-refractivity contribution in [1.82, 2.24) is 41.0 Å². The van der Waals surface area contributed by atoms with Crippen molar-refractivity contribution in [2.45, 2.75) is 160 Å². The Morgan fingerprint density at radius 2 is 1.54 bits per heavy atom. The highest BCUT2D eigenvalue weighted by atomic mass is 19.1. The summed E-state index contributed by atoms with van der Waals surface area (Å²) in [5.41, 5.74) is 1.06. The molecule has 25 nitrogen and oxygen atoms in total. The van der Waals surface area contributed by atoms with E-state index in [9.17, 15) is 68.7 Å². The summed E-state index contributed by atoms with van der Waals surface area (Å²) in [5.74, 6) is -6.28. The second-order valence-corrected chi connectivity index (χ2v) is 20.9. The van der Waals surface area contributed by atoms with Crippen LogP contribution in [-0.2, 0) is 73.0 Å². The minimum Gasteiger partial charge on any atom is -0.458 e. The number of rotatable bonds is 30. The van der Waals surface area contributed by atoms with Gasteiger partial charge in [-0.1, -0.05) is 27.2 Å². The van der Waals surface area contributed by atoms with Gasteiger partial charge in [-0.05, 0) is 88.0 Å². The van der Waals surface area contributed by atoms with Gasteiger partial charge >= 0.3 is 5.97 Å². The molecule has 2 aromatic heterocycles. The van der Waals surface area contributed by atoms with Crippen molar-refractivity contribution in [3.05, 3.63) is 74.3 Å². The second-order valence-electron chi connectivity index (χ2n) is 20.9. The molecule has 0 saturated carbocycles. The van der Waals surface area contributed by atoms with Crippen LogP contribution in [0.5, 0.6) is 0 Å². The normalized spacial score (nSPS) is 18.0. The van der Waals surface area contributed by atoms with E-state index in [4.69, 9.17) is 19.6 Å². The maximum atomic E-state index is 15.4. The van der Waals surface area contributed by atoms with Gasteiger partial charge in [-0.3, -0.25) is 43.3 Å². The Kier molecular flexibility index (Phi) is 21.9. The van der Waals surface area contributed by atoms with Gasteiger partial charge in [-0.15, -0.1) is 0 Å². The number of aliphatic hydroxyl groups is 6. The standard InChI is InChI=1S/C55H73FN8O17/c1-6-55(79)35-21-39-47-31(24-64(39)53(77)34(35)26-81-54(55)78)20-33-32(29(4)36(56)22-38(33)61-47)12-9-11-19-80-27-58-50(74)30(5)59-52(76)46(28(2)3)62-51(75)37(14-15-42(68)57-23-40(66)48(72)49(73)41(67)25-65)60-43(69)13-8-7-10-18-63-44(70)16-17-45(63)71/h16-17,20-22,28,30,37,40-41,46,48-49,65-67,72-73,79H,6-15,18-19,23-27H2,1-5H3,(H,57,68)(H,58,74)(H,59,76)(H,60,69)(H,62,75)/t30-,37-,40-,41+,46-,48+,49+,55-/m0/s1. The summed E-state index contributed by atoms with van der Waals surface area (Å²) in [4.78, 5) is 122. The number of hydrogen-bond donors (Lipinski definition) is 11. The maximum Gasteiger partial charge on any atom is 0.343 e. The number of imide groups is 1. The minimum atomic E-state index is -1.99. The summed E-state index contributed by atoms with van der Waals surface area (Å²) in [7, 11) is 0. The van der Waals surface area contributed by atoms with E-state index in [-0.39, 0.29) is 63.4 Å². The van der Waals surface area contributed by atoms with E-state index < -0.39 is 132 Å². The first kappa shape index (κ1) is 63.1. The van der Waals surface area contributed by atoms with Crippen LogP contribution in [0.25, 0.3) is 22.3 Å². The molecule has 5 heterocycles. The lowest BCUT2D eigenvalue weighted by molar-refractivity contribution is -0.172. The number of carbonyl (C=O) groups excluding carboxylic acids is 8. The van der Waals surface area contributed by atoms with Crippen molar-refractivity contribution < 1.29 is 82.9 Å². The number of halogens is 1. The molecular formula is C55H73FN8O17. The SMILES string of the molecule is CC[C@@]1(O)C(=O)OCc2c1cc1n(c2=O)Cc2cc3c(CCCCOCNC(=O)[C@H](C)NC(=O)[C@@H](NC(=O)[C@H](CCC(=O)NC[C@H](O)[C@@H](O)[C@H](O)[C@H](O)CO)NC(=O)CCCCCN4C(=O)C=CC4=O)C(C)C)c(C)c(F)cc3nc2-1. The number of fused-ring (bicyclic) bond motifs is 5. The molecule has 0 bridgehead atoms. The van der Waals surface area contributed by atoms with E-state index in [1.165, 1.54) is 29.7 Å². The zero-order valence-electron chi connectivity index (χ0n) is 45.9. The lowest BCUT2D eigenvalue weighted by Crippen LogP contribution is -2.58. The minimum absolute atomic E-state index is 0.0102. The molecule has 0 unspecified atom stereocenters. The molecule has 6 rings (SSSR count). The zero-order valence-corrected chi connectivity index (χ0v) is 45.9. The third-order valence-electron chi connectivity index (χ3n) is 14.8. The summed E-state index contributed by atoms with van der Waals surface area (Å²) < 4.78 is 27.8. The Hall–Kier alpha value is -7.07. The van der Waals surface area contributed by atoms with Gasteiger partial charge in [0, 0.05) is 67.3 Å². The summed E-state index contributed by atoms with van der Waals surface area (Å²) in [6, 6.07) is 1.07. The monoisotopic (exact) mass is 1140 g/mol. The number of benzene rings is 1. The van der Waals surface area contributed by atoms with Gasteiger partial charge in [0.2, 0.25) is 29.5 Å². The largest absolute Gasteiger partial charge is 0.458 e. The van der Waals surface area contributed by atoms with Crippen LogP contribution in [0.15, 0.2) is 35.1 Å². The molecule has 0 radical (unpaired) electrons. The molecular weight excluding hydrogens is 1060 g/mol. The number of carbonyl (C=O) groups is 8. The fourth-order valence-corrected chi connectivity index (χ4v) is 9.78. The van der Waals surface area contributed by atoms with Crippen LogP contribution < -0.4 is 32.1 Å². The van der Waals surface area contributed by atoms with E-state index >= 15 is 4.39 Å². The quantitative estimate of drug-likeness (QED) is 0.0128. The number of aromatic nitrogens is 2. The predicted molar refractivity (Wildman–Crippen MR) is 285 cm³/mol.